The Hall–Kier alpha value is -12.7. The van der Waals surface area contributed by atoms with Crippen molar-refractivity contribution >= 4 is 70.9 Å². The van der Waals surface area contributed by atoms with Crippen LogP contribution in [0.15, 0.2) is 122 Å². The van der Waals surface area contributed by atoms with Gasteiger partial charge in [0.2, 0.25) is 35.4 Å². The number of methoxy groups -OCH3 is 1. The van der Waals surface area contributed by atoms with Crippen LogP contribution in [-0.2, 0) is 104 Å². The molecule has 115 heavy (non-hydrogen) atoms. The maximum Gasteiger partial charge on any atom is 0.336 e. The highest BCUT2D eigenvalue weighted by Crippen LogP contribution is 2.39. The Balaban J connectivity index is 0.000000136. The SMILES string of the molecule is C#CCCCc1cc(=O)oc2c1C(=O)NC(=O)C2.CC1CCC(Cc2cc(=O)oc3c2C(=O)NC(=O)C3)CC1.COCCCc1cc(=O)oc2c1C(=O)NC(=O)C2.O=C1Cc2oc(=O)cc(C3CCC3)c2C(=O)N1.O=C1Cc2oc(=O)cc(CC3CCCCCC3)c2C(=O)N1.O=C1Cc2oc(=O)cc(Cc3ccccc3)c2C(=O)N1. The average molecular weight is 1580 g/mol. The van der Waals surface area contributed by atoms with Crippen LogP contribution in [0.5, 0.6) is 0 Å². The Labute approximate surface area is 654 Å². The third-order valence-electron chi connectivity index (χ3n) is 20.9. The maximum absolute atomic E-state index is 12.0. The van der Waals surface area contributed by atoms with E-state index in [0.29, 0.717) is 113 Å². The van der Waals surface area contributed by atoms with Crippen molar-refractivity contribution in [3.8, 4) is 12.3 Å². The molecule has 16 rings (SSSR count). The van der Waals surface area contributed by atoms with Gasteiger partial charge in [0, 0.05) is 56.5 Å². The molecule has 31 heteroatoms. The third kappa shape index (κ3) is 21.7. The second-order valence-corrected chi connectivity index (χ2v) is 29.4. The summed E-state index contributed by atoms with van der Waals surface area (Å²) in [4.78, 5) is 208. The van der Waals surface area contributed by atoms with Crippen molar-refractivity contribution < 1.29 is 88.8 Å². The summed E-state index contributed by atoms with van der Waals surface area (Å²) in [5.74, 6) is 0.154. The van der Waals surface area contributed by atoms with Crippen LogP contribution in [0.25, 0.3) is 0 Å². The fourth-order valence-electron chi connectivity index (χ4n) is 15.4. The van der Waals surface area contributed by atoms with Gasteiger partial charge in [-0.25, -0.2) is 28.8 Å². The summed E-state index contributed by atoms with van der Waals surface area (Å²) in [5.41, 5.74) is 3.99. The number of rotatable bonds is 14. The molecular formula is C84H84N6O25. The first-order chi connectivity index (χ1) is 55.2. The number of amides is 12. The molecule has 7 aromatic rings. The van der Waals surface area contributed by atoms with Crippen molar-refractivity contribution in [1.29, 1.82) is 0 Å². The van der Waals surface area contributed by atoms with Gasteiger partial charge in [-0.2, -0.15) is 0 Å². The third-order valence-corrected chi connectivity index (χ3v) is 20.9. The Bertz CT molecular complexity index is 5450. The zero-order valence-corrected chi connectivity index (χ0v) is 63.2. The molecule has 0 spiro atoms. The van der Waals surface area contributed by atoms with Gasteiger partial charge < -0.3 is 31.2 Å². The number of unbranched alkanes of at least 4 members (excludes halogenated alkanes) is 1. The van der Waals surface area contributed by atoms with Gasteiger partial charge in [-0.1, -0.05) is 95.0 Å². The minimum Gasteiger partial charge on any atom is -0.426 e. The van der Waals surface area contributed by atoms with Crippen molar-refractivity contribution in [2.45, 2.75) is 186 Å². The minimum atomic E-state index is -0.549. The van der Waals surface area contributed by atoms with Gasteiger partial charge in [0.1, 0.15) is 34.6 Å². The van der Waals surface area contributed by atoms with Crippen molar-refractivity contribution in [3.05, 3.63) is 236 Å². The molecule has 31 nitrogen and oxygen atoms in total. The Morgan fingerprint density at radius 2 is 0.704 bits per heavy atom. The fraction of sp³-hybridized carbons (Fsp3) is 0.405. The van der Waals surface area contributed by atoms with E-state index < -0.39 is 105 Å². The molecule has 600 valence electrons. The second kappa shape index (κ2) is 38.2. The van der Waals surface area contributed by atoms with Gasteiger partial charge in [0.15, 0.2) is 0 Å². The molecule has 12 amide bonds. The lowest BCUT2D eigenvalue weighted by Crippen LogP contribution is -2.39. The number of benzene rings is 1. The van der Waals surface area contributed by atoms with Crippen LogP contribution in [0.2, 0.25) is 0 Å². The summed E-state index contributed by atoms with van der Waals surface area (Å²) in [6.45, 7) is 2.80. The quantitative estimate of drug-likeness (QED) is 0.0315. The number of nitrogens with one attached hydrogen (secondary N) is 6. The summed E-state index contributed by atoms with van der Waals surface area (Å²) in [6.07, 6.45) is 24.6. The summed E-state index contributed by atoms with van der Waals surface area (Å²) >= 11 is 0. The summed E-state index contributed by atoms with van der Waals surface area (Å²) in [5, 5.41) is 13.5. The average Bonchev–Trinajstić information content (AvgIpc) is 0.846. The summed E-state index contributed by atoms with van der Waals surface area (Å²) in [6, 6.07) is 17.6. The monoisotopic (exact) mass is 1580 g/mol. The molecule has 3 aliphatic carbocycles. The number of fused-ring (bicyclic) bond motifs is 6. The van der Waals surface area contributed by atoms with Crippen molar-refractivity contribution in [2.75, 3.05) is 13.7 Å². The van der Waals surface area contributed by atoms with E-state index in [9.17, 15) is 86.3 Å². The molecule has 0 radical (unpaired) electrons. The van der Waals surface area contributed by atoms with Crippen LogP contribution in [0.4, 0.5) is 0 Å². The number of aryl methyl sites for hydroxylation is 2. The highest BCUT2D eigenvalue weighted by Gasteiger charge is 2.36. The van der Waals surface area contributed by atoms with E-state index in [0.717, 1.165) is 79.5 Å². The molecule has 0 saturated heterocycles. The van der Waals surface area contributed by atoms with E-state index in [1.54, 1.807) is 7.11 Å². The molecule has 3 fully saturated rings. The number of terminal acetylenes is 1. The smallest absolute Gasteiger partial charge is 0.336 e. The molecule has 6 N–H and O–H groups in total. The lowest BCUT2D eigenvalue weighted by Gasteiger charge is -2.28. The van der Waals surface area contributed by atoms with Gasteiger partial charge in [0.25, 0.3) is 35.4 Å². The fourth-order valence-corrected chi connectivity index (χ4v) is 15.4. The number of carbonyl (C=O) groups is 12. The van der Waals surface area contributed by atoms with Crippen LogP contribution < -0.4 is 65.7 Å². The van der Waals surface area contributed by atoms with Crippen molar-refractivity contribution in [3.63, 3.8) is 0 Å². The molecule has 6 aromatic heterocycles. The molecule has 12 heterocycles. The van der Waals surface area contributed by atoms with Gasteiger partial charge in [-0.3, -0.25) is 89.4 Å². The predicted molar refractivity (Wildman–Crippen MR) is 404 cm³/mol. The molecule has 1 aromatic carbocycles. The highest BCUT2D eigenvalue weighted by atomic mass is 16.5. The van der Waals surface area contributed by atoms with Gasteiger partial charge >= 0.3 is 33.8 Å². The van der Waals surface area contributed by atoms with E-state index in [-0.39, 0.29) is 79.0 Å². The van der Waals surface area contributed by atoms with Crippen LogP contribution in [0, 0.1) is 30.1 Å². The highest BCUT2D eigenvalue weighted by molar-refractivity contribution is 6.13. The van der Waals surface area contributed by atoms with Crippen LogP contribution in [0.1, 0.15) is 251 Å². The molecule has 0 bridgehead atoms. The molecule has 6 aliphatic heterocycles. The van der Waals surface area contributed by atoms with E-state index >= 15 is 0 Å². The molecule has 0 unspecified atom stereocenters. The number of imide groups is 6. The molecule has 3 saturated carbocycles. The Morgan fingerprint density at radius 1 is 0.374 bits per heavy atom. The van der Waals surface area contributed by atoms with Crippen molar-refractivity contribution in [2.24, 2.45) is 17.8 Å². The van der Waals surface area contributed by atoms with Gasteiger partial charge in [-0.15, -0.1) is 12.3 Å². The van der Waals surface area contributed by atoms with E-state index in [1.165, 1.54) is 74.9 Å². The Kier molecular flexibility index (Phi) is 27.6. The van der Waals surface area contributed by atoms with E-state index in [2.05, 4.69) is 44.7 Å². The minimum absolute atomic E-state index is 0.0309. The number of ether oxygens (including phenoxy) is 1. The first-order valence-electron chi connectivity index (χ1n) is 38.2. The van der Waals surface area contributed by atoms with E-state index in [4.69, 9.17) is 37.7 Å². The normalized spacial score (nSPS) is 17.9. The lowest BCUT2D eigenvalue weighted by molar-refractivity contribution is -0.121. The summed E-state index contributed by atoms with van der Waals surface area (Å²) in [7, 11) is 1.58. The number of carbonyl (C=O) groups excluding carboxylic acids is 12. The summed E-state index contributed by atoms with van der Waals surface area (Å²) < 4.78 is 34.8. The zero-order valence-electron chi connectivity index (χ0n) is 63.2. The number of hydrogen-bond acceptors (Lipinski definition) is 25. The predicted octanol–water partition coefficient (Wildman–Crippen LogP) is 5.99. The molecule has 9 aliphatic rings. The number of hydrogen-bond donors (Lipinski definition) is 6. The van der Waals surface area contributed by atoms with Gasteiger partial charge in [0.05, 0.1) is 71.9 Å². The molecule has 0 atom stereocenters. The van der Waals surface area contributed by atoms with Crippen LogP contribution >= 0.6 is 0 Å². The first-order valence-corrected chi connectivity index (χ1v) is 38.2. The zero-order chi connectivity index (χ0) is 82.1. The van der Waals surface area contributed by atoms with Crippen molar-refractivity contribution in [1.82, 2.24) is 31.9 Å². The standard InChI is InChI=1S/2C16H19NO4.C15H11NO4.C13H11NO4.C12H13NO5.C12H11NO4/c1-9-2-4-10(5-3-9)6-11-7-14(19)21-12-8-13(18)17-16(20)15(11)12;18-13-9-12-15(16(20)17-13)11(8-14(19)21-12)7-10-5-3-1-2-4-6-10;17-12-8-11-14(15(19)16-12)10(7-13(18)20-11)6-9-4-2-1-3-5-9;1-2-3-4-5-8-6-11(16)18-9-7-10(15)14-13(17)12(8)9;1-17-4-2-3-7-5-10(15)18-8-6-9(14)13-12(16)11(7)8;14-9-5-8-11(12(16)13-9)7(4-10(15)17-8)6-2-1-3-6/h7,9-10H,2-6,8H2,1H3,(H,17,18,20);8,10H,1-7,9H2,(H,17,18,20);1-5,7H,6,8H2,(H,16,17,19);1,6H,3-5,7H2,(H,14,15,17);5H,2-4,6H2,1H3,(H,13,14,16);4,6H,1-3,5H2,(H,13,14,16). The van der Waals surface area contributed by atoms with E-state index in [1.807, 2.05) is 30.3 Å². The largest absolute Gasteiger partial charge is 0.426 e. The van der Waals surface area contributed by atoms with Gasteiger partial charge in [-0.05, 0) is 133 Å². The second-order valence-electron chi connectivity index (χ2n) is 29.4. The van der Waals surface area contributed by atoms with Crippen LogP contribution in [-0.4, -0.2) is 84.6 Å². The molecular weight excluding hydrogens is 1490 g/mol. The van der Waals surface area contributed by atoms with Crippen LogP contribution in [0.3, 0.4) is 0 Å². The lowest BCUT2D eigenvalue weighted by atomic mass is 9.77. The Morgan fingerprint density at radius 3 is 1.08 bits per heavy atom. The topological polar surface area (TPSA) is 468 Å². The maximum atomic E-state index is 12.0. The first kappa shape index (κ1) is 83.2.